The first-order chi connectivity index (χ1) is 15.1. The van der Waals surface area contributed by atoms with Crippen molar-refractivity contribution in [3.05, 3.63) is 84.4 Å². The van der Waals surface area contributed by atoms with Gasteiger partial charge in [-0.2, -0.15) is 5.10 Å². The van der Waals surface area contributed by atoms with Crippen molar-refractivity contribution in [3.8, 4) is 5.69 Å². The van der Waals surface area contributed by atoms with Gasteiger partial charge in [0.25, 0.3) is 0 Å². The Balaban J connectivity index is 1.26. The van der Waals surface area contributed by atoms with Crippen LogP contribution in [-0.2, 0) is 9.59 Å². The predicted octanol–water partition coefficient (Wildman–Crippen LogP) is 3.47. The number of imidazole rings is 1. The molecule has 2 amide bonds. The Morgan fingerprint density at radius 1 is 1.06 bits per heavy atom. The van der Waals surface area contributed by atoms with Crippen LogP contribution < -0.4 is 5.32 Å². The lowest BCUT2D eigenvalue weighted by molar-refractivity contribution is -0.133. The van der Waals surface area contributed by atoms with E-state index in [1.165, 1.54) is 5.01 Å². The molecule has 0 aliphatic carbocycles. The number of nitrogens with one attached hydrogen (secondary N) is 1. The minimum atomic E-state index is -0.147. The number of hydrazone groups is 1. The topological polar surface area (TPSA) is 79.6 Å². The highest BCUT2D eigenvalue weighted by Gasteiger charge is 2.22. The molecule has 158 valence electrons. The number of rotatable bonds is 7. The molecule has 0 bridgehead atoms. The van der Waals surface area contributed by atoms with Gasteiger partial charge in [-0.15, -0.1) is 0 Å². The lowest BCUT2D eigenvalue weighted by Crippen LogP contribution is -2.29. The summed E-state index contributed by atoms with van der Waals surface area (Å²) < 4.78 is 1.92. The van der Waals surface area contributed by atoms with Gasteiger partial charge in [-0.05, 0) is 30.2 Å². The molecule has 0 spiro atoms. The van der Waals surface area contributed by atoms with Gasteiger partial charge in [0.15, 0.2) is 0 Å². The first-order valence-electron chi connectivity index (χ1n) is 10.4. The molecular formula is C24H25N5O2. The van der Waals surface area contributed by atoms with Crippen LogP contribution in [0.4, 0.5) is 0 Å². The lowest BCUT2D eigenvalue weighted by atomic mass is 10.1. The molecule has 1 aliphatic heterocycles. The van der Waals surface area contributed by atoms with Crippen molar-refractivity contribution >= 4 is 17.5 Å². The van der Waals surface area contributed by atoms with Gasteiger partial charge in [0.2, 0.25) is 11.8 Å². The minimum absolute atomic E-state index is 0.126. The zero-order valence-corrected chi connectivity index (χ0v) is 17.4. The Labute approximate surface area is 181 Å². The number of hydrogen-bond acceptors (Lipinski definition) is 4. The smallest absolute Gasteiger partial charge is 0.243 e. The maximum absolute atomic E-state index is 12.5. The van der Waals surface area contributed by atoms with Gasteiger partial charge in [0, 0.05) is 37.3 Å². The number of carbonyl (C=O) groups excluding carboxylic acids is 2. The second kappa shape index (κ2) is 9.38. The van der Waals surface area contributed by atoms with E-state index in [0.717, 1.165) is 28.9 Å². The maximum Gasteiger partial charge on any atom is 0.243 e. The van der Waals surface area contributed by atoms with Crippen molar-refractivity contribution < 1.29 is 9.59 Å². The predicted molar refractivity (Wildman–Crippen MR) is 119 cm³/mol. The van der Waals surface area contributed by atoms with E-state index in [0.29, 0.717) is 6.54 Å². The molecule has 1 aromatic heterocycles. The number of aromatic nitrogens is 2. The second-order valence-corrected chi connectivity index (χ2v) is 7.53. The minimum Gasteiger partial charge on any atom is -0.350 e. The molecule has 0 saturated heterocycles. The molecule has 0 radical (unpaired) electrons. The summed E-state index contributed by atoms with van der Waals surface area (Å²) in [6, 6.07) is 17.6. The first-order valence-corrected chi connectivity index (χ1v) is 10.4. The summed E-state index contributed by atoms with van der Waals surface area (Å²) in [7, 11) is 0. The van der Waals surface area contributed by atoms with Crippen LogP contribution in [0.15, 0.2) is 78.4 Å². The van der Waals surface area contributed by atoms with Crippen LogP contribution in [0.3, 0.4) is 0 Å². The van der Waals surface area contributed by atoms with Crippen LogP contribution in [-0.4, -0.2) is 38.6 Å². The molecule has 1 N–H and O–H groups in total. The molecule has 7 nitrogen and oxygen atoms in total. The molecule has 4 rings (SSSR count). The Kier molecular flexibility index (Phi) is 6.21. The Morgan fingerprint density at radius 3 is 2.55 bits per heavy atom. The van der Waals surface area contributed by atoms with Crippen LogP contribution in [0.5, 0.6) is 0 Å². The summed E-state index contributed by atoms with van der Waals surface area (Å²) in [6.07, 6.45) is 6.36. The normalized spacial score (nSPS) is 14.2. The number of hydrogen-bond donors (Lipinski definition) is 1. The van der Waals surface area contributed by atoms with Crippen molar-refractivity contribution in [2.75, 3.05) is 6.54 Å². The van der Waals surface area contributed by atoms with Gasteiger partial charge >= 0.3 is 0 Å². The molecule has 1 atom stereocenters. The maximum atomic E-state index is 12.5. The van der Waals surface area contributed by atoms with Gasteiger partial charge in [-0.1, -0.05) is 42.5 Å². The van der Waals surface area contributed by atoms with Crippen molar-refractivity contribution in [3.63, 3.8) is 0 Å². The van der Waals surface area contributed by atoms with Crippen LogP contribution in [0.25, 0.3) is 5.69 Å². The highest BCUT2D eigenvalue weighted by atomic mass is 16.2. The molecule has 1 unspecified atom stereocenters. The first kappa shape index (κ1) is 20.5. The lowest BCUT2D eigenvalue weighted by Gasteiger charge is -2.16. The molecule has 0 saturated carbocycles. The highest BCUT2D eigenvalue weighted by molar-refractivity contribution is 6.02. The fourth-order valence-corrected chi connectivity index (χ4v) is 3.56. The zero-order chi connectivity index (χ0) is 21.6. The van der Waals surface area contributed by atoms with Crippen molar-refractivity contribution in [2.24, 2.45) is 5.10 Å². The summed E-state index contributed by atoms with van der Waals surface area (Å²) in [4.78, 5) is 28.9. The quantitative estimate of drug-likeness (QED) is 0.642. The Bertz CT molecular complexity index is 1060. The number of benzene rings is 2. The summed E-state index contributed by atoms with van der Waals surface area (Å²) in [5, 5.41) is 8.88. The van der Waals surface area contributed by atoms with Crippen LogP contribution in [0.2, 0.25) is 0 Å². The van der Waals surface area contributed by atoms with E-state index >= 15 is 0 Å². The van der Waals surface area contributed by atoms with E-state index in [2.05, 4.69) is 15.4 Å². The highest BCUT2D eigenvalue weighted by Crippen LogP contribution is 2.17. The van der Waals surface area contributed by atoms with Crippen LogP contribution >= 0.6 is 0 Å². The van der Waals surface area contributed by atoms with Crippen LogP contribution in [0, 0.1) is 0 Å². The molecular weight excluding hydrogens is 390 g/mol. The van der Waals surface area contributed by atoms with Crippen molar-refractivity contribution in [2.45, 2.75) is 32.2 Å². The summed E-state index contributed by atoms with van der Waals surface area (Å²) in [6.45, 7) is 2.49. The molecule has 3 aromatic rings. The van der Waals surface area contributed by atoms with E-state index < -0.39 is 0 Å². The third kappa shape index (κ3) is 5.06. The largest absolute Gasteiger partial charge is 0.350 e. The van der Waals surface area contributed by atoms with Gasteiger partial charge < -0.3 is 9.88 Å². The zero-order valence-electron chi connectivity index (χ0n) is 17.4. The molecule has 31 heavy (non-hydrogen) atoms. The molecule has 2 heterocycles. The molecule has 1 aliphatic rings. The Morgan fingerprint density at radius 2 is 1.84 bits per heavy atom. The average molecular weight is 415 g/mol. The molecule has 7 heteroatoms. The van der Waals surface area contributed by atoms with E-state index in [-0.39, 0.29) is 30.7 Å². The van der Waals surface area contributed by atoms with E-state index in [1.807, 2.05) is 72.3 Å². The monoisotopic (exact) mass is 415 g/mol. The van der Waals surface area contributed by atoms with Gasteiger partial charge in [-0.25, -0.2) is 9.99 Å². The second-order valence-electron chi connectivity index (χ2n) is 7.53. The van der Waals surface area contributed by atoms with Crippen LogP contribution in [0.1, 0.15) is 43.4 Å². The van der Waals surface area contributed by atoms with E-state index in [1.54, 1.807) is 12.5 Å². The van der Waals surface area contributed by atoms with Gasteiger partial charge in [-0.3, -0.25) is 9.59 Å². The van der Waals surface area contributed by atoms with E-state index in [4.69, 9.17) is 0 Å². The van der Waals surface area contributed by atoms with Gasteiger partial charge in [0.05, 0.1) is 24.6 Å². The molecule has 0 fully saturated rings. The Hall–Kier alpha value is -3.74. The average Bonchev–Trinajstić information content (AvgIpc) is 3.51. The van der Waals surface area contributed by atoms with Crippen molar-refractivity contribution in [1.82, 2.24) is 19.9 Å². The summed E-state index contributed by atoms with van der Waals surface area (Å²) in [5.74, 6) is -0.274. The van der Waals surface area contributed by atoms with E-state index in [9.17, 15) is 9.59 Å². The fourth-order valence-electron chi connectivity index (χ4n) is 3.56. The third-order valence-corrected chi connectivity index (χ3v) is 5.34. The standard InChI is InChI=1S/C24H25N5O2/c1-18(19-7-9-21(10-8-19)28-16-14-25-17-28)26-23(30)11-12-24(31)29-15-13-22(27-29)20-5-3-2-4-6-20/h2-10,14,16-18H,11-13,15H2,1H3,(H,26,30). The number of amides is 2. The molecule has 2 aromatic carbocycles. The van der Waals surface area contributed by atoms with Gasteiger partial charge in [0.1, 0.15) is 0 Å². The summed E-state index contributed by atoms with van der Waals surface area (Å²) >= 11 is 0. The number of nitrogens with zero attached hydrogens (tertiary/aromatic N) is 4. The fraction of sp³-hybridized carbons (Fsp3) is 0.250. The van der Waals surface area contributed by atoms with Crippen molar-refractivity contribution in [1.29, 1.82) is 0 Å². The SMILES string of the molecule is CC(NC(=O)CCC(=O)N1CCC(c2ccccc2)=N1)c1ccc(-n2ccnc2)cc1. The third-order valence-electron chi connectivity index (χ3n) is 5.34. The summed E-state index contributed by atoms with van der Waals surface area (Å²) in [5.41, 5.74) is 3.95. The number of carbonyl (C=O) groups is 2.